The Labute approximate surface area is 107 Å². The van der Waals surface area contributed by atoms with E-state index in [1.807, 2.05) is 0 Å². The van der Waals surface area contributed by atoms with Gasteiger partial charge in [0.2, 0.25) is 0 Å². The Hall–Kier alpha value is -1.81. The molecule has 1 rings (SSSR count). The molecule has 0 aliphatic rings. The minimum Gasteiger partial charge on any atom is -0.491 e. The zero-order valence-corrected chi connectivity index (χ0v) is 10.7. The van der Waals surface area contributed by atoms with Gasteiger partial charge in [0.15, 0.2) is 0 Å². The van der Waals surface area contributed by atoms with Crippen molar-refractivity contribution in [2.45, 2.75) is 19.4 Å². The molecule has 0 saturated heterocycles. The maximum absolute atomic E-state index is 11.1. The smallest absolute Gasteiger partial charge is 0.309 e. The van der Waals surface area contributed by atoms with Gasteiger partial charge in [-0.15, -0.1) is 0 Å². The van der Waals surface area contributed by atoms with E-state index in [-0.39, 0.29) is 19.0 Å². The van der Waals surface area contributed by atoms with E-state index >= 15 is 0 Å². The number of esters is 1. The first-order chi connectivity index (χ1) is 8.52. The number of benzene rings is 1. The van der Waals surface area contributed by atoms with E-state index < -0.39 is 6.10 Å². The molecule has 1 atom stereocenters. The Morgan fingerprint density at radius 2 is 2.00 bits per heavy atom. The quantitative estimate of drug-likeness (QED) is 0.617. The van der Waals surface area contributed by atoms with Gasteiger partial charge in [-0.2, -0.15) is 0 Å². The number of carbonyl (C=O) groups is 1. The Kier molecular flexibility index (Phi) is 5.39. The summed E-state index contributed by atoms with van der Waals surface area (Å²) in [6.45, 7) is 5.56. The van der Waals surface area contributed by atoms with Gasteiger partial charge in [-0.25, -0.2) is 0 Å². The van der Waals surface area contributed by atoms with E-state index in [4.69, 9.17) is 4.74 Å². The molecule has 18 heavy (non-hydrogen) atoms. The van der Waals surface area contributed by atoms with Gasteiger partial charge < -0.3 is 14.6 Å². The van der Waals surface area contributed by atoms with Gasteiger partial charge in [-0.1, -0.05) is 18.7 Å². The van der Waals surface area contributed by atoms with Crippen molar-refractivity contribution in [2.24, 2.45) is 0 Å². The van der Waals surface area contributed by atoms with Crippen LogP contribution >= 0.6 is 0 Å². The van der Waals surface area contributed by atoms with Crippen LogP contribution in [0.2, 0.25) is 0 Å². The van der Waals surface area contributed by atoms with Crippen LogP contribution in [0.25, 0.3) is 0 Å². The minimum atomic E-state index is -0.667. The lowest BCUT2D eigenvalue weighted by Gasteiger charge is -2.12. The molecule has 0 amide bonds. The molecule has 98 valence electrons. The van der Waals surface area contributed by atoms with Gasteiger partial charge in [-0.3, -0.25) is 4.79 Å². The van der Waals surface area contributed by atoms with Crippen LogP contribution in [0.1, 0.15) is 12.5 Å². The number of aliphatic hydroxyl groups is 1. The molecule has 4 heteroatoms. The van der Waals surface area contributed by atoms with Gasteiger partial charge in [0.05, 0.1) is 13.5 Å². The number of aliphatic hydroxyl groups excluding tert-OH is 1. The van der Waals surface area contributed by atoms with Gasteiger partial charge in [0.25, 0.3) is 0 Å². The van der Waals surface area contributed by atoms with E-state index in [9.17, 15) is 9.90 Å². The number of carbonyl (C=O) groups excluding carboxylic acids is 1. The SMILES string of the molecule is C=C(C)[C@@H](O)COc1ccc(CC(=O)OC)cc1. The lowest BCUT2D eigenvalue weighted by atomic mass is 10.1. The standard InChI is InChI=1S/C14H18O4/c1-10(2)13(15)9-18-12-6-4-11(5-7-12)8-14(16)17-3/h4-7,13,15H,1,8-9H2,2-3H3/t13-/m0/s1. The fourth-order valence-corrected chi connectivity index (χ4v) is 1.26. The van der Waals surface area contributed by atoms with Crippen molar-refractivity contribution >= 4 is 5.97 Å². The fraction of sp³-hybridized carbons (Fsp3) is 0.357. The third kappa shape index (κ3) is 4.59. The fourth-order valence-electron chi connectivity index (χ4n) is 1.26. The monoisotopic (exact) mass is 250 g/mol. The molecule has 0 radical (unpaired) electrons. The average molecular weight is 250 g/mol. The maximum Gasteiger partial charge on any atom is 0.309 e. The molecule has 0 aromatic heterocycles. The van der Waals surface area contributed by atoms with Crippen LogP contribution in [0.15, 0.2) is 36.4 Å². The Morgan fingerprint density at radius 3 is 2.50 bits per heavy atom. The zero-order valence-electron chi connectivity index (χ0n) is 10.7. The minimum absolute atomic E-state index is 0.172. The lowest BCUT2D eigenvalue weighted by molar-refractivity contribution is -0.139. The molecular weight excluding hydrogens is 232 g/mol. The van der Waals surface area contributed by atoms with Gasteiger partial charge in [0, 0.05) is 0 Å². The molecule has 0 heterocycles. The van der Waals surface area contributed by atoms with Gasteiger partial charge in [0.1, 0.15) is 18.5 Å². The summed E-state index contributed by atoms with van der Waals surface area (Å²) in [5.41, 5.74) is 1.52. The third-order valence-electron chi connectivity index (χ3n) is 2.48. The molecule has 1 aromatic carbocycles. The Bertz CT molecular complexity index is 408. The molecule has 0 spiro atoms. The van der Waals surface area contributed by atoms with E-state index in [1.54, 1.807) is 31.2 Å². The molecule has 0 aliphatic carbocycles. The lowest BCUT2D eigenvalue weighted by Crippen LogP contribution is -2.18. The van der Waals surface area contributed by atoms with Crippen molar-refractivity contribution in [3.8, 4) is 5.75 Å². The third-order valence-corrected chi connectivity index (χ3v) is 2.48. The highest BCUT2D eigenvalue weighted by Crippen LogP contribution is 2.13. The summed E-state index contributed by atoms with van der Waals surface area (Å²) in [6, 6.07) is 7.09. The van der Waals surface area contributed by atoms with Crippen molar-refractivity contribution < 1.29 is 19.4 Å². The van der Waals surface area contributed by atoms with Crippen LogP contribution in [-0.2, 0) is 16.0 Å². The van der Waals surface area contributed by atoms with Crippen molar-refractivity contribution in [2.75, 3.05) is 13.7 Å². The van der Waals surface area contributed by atoms with Crippen LogP contribution in [-0.4, -0.2) is 30.9 Å². The molecule has 0 fully saturated rings. The highest BCUT2D eigenvalue weighted by atomic mass is 16.5. The summed E-state index contributed by atoms with van der Waals surface area (Å²) in [4.78, 5) is 11.1. The number of hydrogen-bond acceptors (Lipinski definition) is 4. The van der Waals surface area contributed by atoms with Gasteiger partial charge in [-0.05, 0) is 30.2 Å². The van der Waals surface area contributed by atoms with E-state index in [1.165, 1.54) is 7.11 Å². The second-order valence-electron chi connectivity index (χ2n) is 4.07. The van der Waals surface area contributed by atoms with Crippen LogP contribution < -0.4 is 4.74 Å². The topological polar surface area (TPSA) is 55.8 Å². The first kappa shape index (κ1) is 14.3. The average Bonchev–Trinajstić information content (AvgIpc) is 2.37. The molecule has 0 aliphatic heterocycles. The molecule has 4 nitrogen and oxygen atoms in total. The summed E-state index contributed by atoms with van der Waals surface area (Å²) in [5, 5.41) is 9.51. The highest BCUT2D eigenvalue weighted by Gasteiger charge is 2.06. The Morgan fingerprint density at radius 1 is 1.39 bits per heavy atom. The largest absolute Gasteiger partial charge is 0.491 e. The van der Waals surface area contributed by atoms with Crippen molar-refractivity contribution in [1.82, 2.24) is 0 Å². The highest BCUT2D eigenvalue weighted by molar-refractivity contribution is 5.72. The van der Waals surface area contributed by atoms with Crippen LogP contribution in [0.3, 0.4) is 0 Å². The van der Waals surface area contributed by atoms with Crippen molar-refractivity contribution in [1.29, 1.82) is 0 Å². The van der Waals surface area contributed by atoms with Crippen LogP contribution in [0.5, 0.6) is 5.75 Å². The number of hydrogen-bond donors (Lipinski definition) is 1. The molecule has 1 aromatic rings. The van der Waals surface area contributed by atoms with E-state index in [0.717, 1.165) is 5.56 Å². The first-order valence-corrected chi connectivity index (χ1v) is 5.65. The summed E-state index contributed by atoms with van der Waals surface area (Å²) in [5.74, 6) is 0.366. The number of methoxy groups -OCH3 is 1. The molecule has 0 unspecified atom stereocenters. The summed E-state index contributed by atoms with van der Waals surface area (Å²) >= 11 is 0. The number of rotatable bonds is 6. The van der Waals surface area contributed by atoms with Gasteiger partial charge >= 0.3 is 5.97 Å². The number of ether oxygens (including phenoxy) is 2. The summed E-state index contributed by atoms with van der Waals surface area (Å²) in [7, 11) is 1.36. The van der Waals surface area contributed by atoms with Crippen LogP contribution in [0.4, 0.5) is 0 Å². The second kappa shape index (κ2) is 6.81. The molecule has 0 bridgehead atoms. The Balaban J connectivity index is 2.50. The normalized spacial score (nSPS) is 11.7. The van der Waals surface area contributed by atoms with E-state index in [2.05, 4.69) is 11.3 Å². The maximum atomic E-state index is 11.1. The molecule has 1 N–H and O–H groups in total. The summed E-state index contributed by atoms with van der Waals surface area (Å²) in [6.07, 6.45) is -0.426. The molecular formula is C14H18O4. The zero-order chi connectivity index (χ0) is 13.5. The van der Waals surface area contributed by atoms with Crippen molar-refractivity contribution in [3.05, 3.63) is 42.0 Å². The molecule has 0 saturated carbocycles. The first-order valence-electron chi connectivity index (χ1n) is 5.65. The van der Waals surface area contributed by atoms with Crippen molar-refractivity contribution in [3.63, 3.8) is 0 Å². The predicted molar refractivity (Wildman–Crippen MR) is 68.5 cm³/mol. The summed E-state index contributed by atoms with van der Waals surface area (Å²) < 4.78 is 9.97. The predicted octanol–water partition coefficient (Wildman–Crippen LogP) is 1.72. The second-order valence-corrected chi connectivity index (χ2v) is 4.07. The van der Waals surface area contributed by atoms with Crippen LogP contribution in [0, 0.1) is 0 Å². The van der Waals surface area contributed by atoms with E-state index in [0.29, 0.717) is 11.3 Å².